The van der Waals surface area contributed by atoms with Crippen LogP contribution in [0.2, 0.25) is 5.15 Å². The van der Waals surface area contributed by atoms with Gasteiger partial charge < -0.3 is 4.74 Å². The van der Waals surface area contributed by atoms with Crippen LogP contribution >= 0.6 is 11.6 Å². The highest BCUT2D eigenvalue weighted by atomic mass is 35.5. The van der Waals surface area contributed by atoms with E-state index in [1.165, 1.54) is 30.2 Å². The number of halogens is 4. The number of hydrogen-bond donors (Lipinski definition) is 1. The molecule has 14 heteroatoms. The van der Waals surface area contributed by atoms with Gasteiger partial charge in [-0.05, 0) is 19.1 Å². The van der Waals surface area contributed by atoms with E-state index in [2.05, 4.69) is 10.1 Å². The largest absolute Gasteiger partial charge is 0.442 e. The highest BCUT2D eigenvalue weighted by Crippen LogP contribution is 2.28. The maximum absolute atomic E-state index is 12.9. The van der Waals surface area contributed by atoms with Gasteiger partial charge in [-0.2, -0.15) is 18.3 Å². The molecule has 1 N–H and O–H groups in total. The zero-order valence-corrected chi connectivity index (χ0v) is 18.5. The topological polar surface area (TPSA) is 118 Å². The number of esters is 1. The standard InChI is InChI=1S/C18H19ClF3N5O4S/c1-11(31-12(2)28)27(17(29)14(23)10-32(30)7-5-18(20,21)22)15-9-26(25-16(15)19)13-4-3-6-24-8-13/h3-4,6,8-9,11,23H,5,7,10H2,1-2H3. The summed E-state index contributed by atoms with van der Waals surface area (Å²) in [5.41, 5.74) is -0.272. The van der Waals surface area contributed by atoms with Crippen LogP contribution in [0.1, 0.15) is 20.3 Å². The van der Waals surface area contributed by atoms with Crippen molar-refractivity contribution in [2.45, 2.75) is 32.7 Å². The number of ether oxygens (including phenoxy) is 1. The van der Waals surface area contributed by atoms with Crippen molar-refractivity contribution < 1.29 is 31.7 Å². The molecule has 9 nitrogen and oxygen atoms in total. The summed E-state index contributed by atoms with van der Waals surface area (Å²) in [7, 11) is -2.11. The second-order valence-corrected chi connectivity index (χ2v) is 8.41. The van der Waals surface area contributed by atoms with Crippen molar-refractivity contribution in [3.8, 4) is 5.69 Å². The van der Waals surface area contributed by atoms with E-state index in [1.54, 1.807) is 12.1 Å². The van der Waals surface area contributed by atoms with Crippen LogP contribution in [0.15, 0.2) is 30.7 Å². The maximum Gasteiger partial charge on any atom is 0.390 e. The number of hydrogen-bond acceptors (Lipinski definition) is 7. The molecule has 0 aliphatic heterocycles. The zero-order valence-electron chi connectivity index (χ0n) is 16.9. The lowest BCUT2D eigenvalue weighted by molar-refractivity contribution is -0.146. The second kappa shape index (κ2) is 10.7. The number of alkyl halides is 3. The summed E-state index contributed by atoms with van der Waals surface area (Å²) >= 11 is 6.18. The fraction of sp³-hybridized carbons (Fsp3) is 0.389. The fourth-order valence-corrected chi connectivity index (χ4v) is 3.83. The molecule has 174 valence electrons. The predicted octanol–water partition coefficient (Wildman–Crippen LogP) is 2.88. The van der Waals surface area contributed by atoms with Crippen LogP contribution in [0.25, 0.3) is 5.69 Å². The van der Waals surface area contributed by atoms with Gasteiger partial charge in [-0.3, -0.25) is 29.1 Å². The Hall–Kier alpha value is -2.80. The summed E-state index contributed by atoms with van der Waals surface area (Å²) in [5, 5.41) is 11.9. The summed E-state index contributed by atoms with van der Waals surface area (Å²) in [6.07, 6.45) is -2.71. The third-order valence-corrected chi connectivity index (χ3v) is 5.46. The van der Waals surface area contributed by atoms with Crippen molar-refractivity contribution in [2.75, 3.05) is 16.4 Å². The third-order valence-electron chi connectivity index (χ3n) is 3.92. The molecule has 2 rings (SSSR count). The summed E-state index contributed by atoms with van der Waals surface area (Å²) < 4.78 is 55.3. The van der Waals surface area contributed by atoms with Gasteiger partial charge in [-0.25, -0.2) is 4.68 Å². The van der Waals surface area contributed by atoms with E-state index in [4.69, 9.17) is 21.7 Å². The number of aromatic nitrogens is 3. The molecule has 0 bridgehead atoms. The number of anilines is 1. The average Bonchev–Trinajstić information content (AvgIpc) is 3.07. The summed E-state index contributed by atoms with van der Waals surface area (Å²) in [4.78, 5) is 29.2. The minimum atomic E-state index is -4.51. The Kier molecular flexibility index (Phi) is 8.50. The van der Waals surface area contributed by atoms with Crippen molar-refractivity contribution in [1.82, 2.24) is 14.8 Å². The summed E-state index contributed by atoms with van der Waals surface area (Å²) in [6.45, 7) is 2.45. The number of rotatable bonds is 9. The Balaban J connectivity index is 2.30. The molecule has 0 radical (unpaired) electrons. The first-order valence-corrected chi connectivity index (χ1v) is 10.9. The van der Waals surface area contributed by atoms with E-state index in [0.29, 0.717) is 5.69 Å². The highest BCUT2D eigenvalue weighted by molar-refractivity contribution is 7.85. The van der Waals surface area contributed by atoms with Gasteiger partial charge in [0.25, 0.3) is 5.91 Å². The normalized spacial score (nSPS) is 13.3. The lowest BCUT2D eigenvalue weighted by Crippen LogP contribution is -2.46. The molecule has 0 spiro atoms. The van der Waals surface area contributed by atoms with Gasteiger partial charge in [-0.15, -0.1) is 0 Å². The molecule has 2 aromatic rings. The molecule has 2 unspecified atom stereocenters. The molecule has 0 aliphatic rings. The second-order valence-electron chi connectivity index (χ2n) is 6.48. The number of nitrogens with one attached hydrogen (secondary N) is 1. The SMILES string of the molecule is CC(=O)OC(C)N(C(=O)C(=N)CS(=O)CCC(F)(F)F)c1cn(-c2cccnc2)nc1Cl. The van der Waals surface area contributed by atoms with Gasteiger partial charge >= 0.3 is 12.1 Å². The van der Waals surface area contributed by atoms with E-state index in [0.717, 1.165) is 11.8 Å². The molecule has 1 amide bonds. The van der Waals surface area contributed by atoms with Gasteiger partial charge in [0.15, 0.2) is 11.4 Å². The Morgan fingerprint density at radius 1 is 1.41 bits per heavy atom. The number of carbonyl (C=O) groups is 2. The molecule has 2 heterocycles. The van der Waals surface area contributed by atoms with Crippen LogP contribution < -0.4 is 4.90 Å². The van der Waals surface area contributed by atoms with Gasteiger partial charge in [0.2, 0.25) is 0 Å². The van der Waals surface area contributed by atoms with E-state index in [-0.39, 0.29) is 10.8 Å². The third kappa shape index (κ3) is 7.12. The van der Waals surface area contributed by atoms with Crippen LogP contribution in [0.3, 0.4) is 0 Å². The zero-order chi connectivity index (χ0) is 24.1. The maximum atomic E-state index is 12.9. The Morgan fingerprint density at radius 2 is 2.09 bits per heavy atom. The van der Waals surface area contributed by atoms with Gasteiger partial charge in [0.05, 0.1) is 30.3 Å². The van der Waals surface area contributed by atoms with E-state index in [1.807, 2.05) is 0 Å². The van der Waals surface area contributed by atoms with Crippen LogP contribution in [-0.4, -0.2) is 60.5 Å². The smallest absolute Gasteiger partial charge is 0.390 e. The minimum absolute atomic E-state index is 0.0277. The van der Waals surface area contributed by atoms with Crippen molar-refractivity contribution >= 4 is 45.7 Å². The first-order valence-electron chi connectivity index (χ1n) is 9.04. The fourth-order valence-electron chi connectivity index (χ4n) is 2.56. The lowest BCUT2D eigenvalue weighted by Gasteiger charge is -2.27. The van der Waals surface area contributed by atoms with Crippen LogP contribution in [0, 0.1) is 5.41 Å². The molecule has 2 aromatic heterocycles. The van der Waals surface area contributed by atoms with Crippen LogP contribution in [0.5, 0.6) is 0 Å². The van der Waals surface area contributed by atoms with Crippen molar-refractivity contribution in [3.05, 3.63) is 35.9 Å². The summed E-state index contributed by atoms with van der Waals surface area (Å²) in [6, 6.07) is 3.30. The molecule has 0 aromatic carbocycles. The minimum Gasteiger partial charge on any atom is -0.442 e. The molecule has 0 saturated carbocycles. The number of pyridine rings is 1. The van der Waals surface area contributed by atoms with Crippen molar-refractivity contribution in [3.63, 3.8) is 0 Å². The Labute approximate surface area is 188 Å². The van der Waals surface area contributed by atoms with Gasteiger partial charge in [0.1, 0.15) is 11.4 Å². The van der Waals surface area contributed by atoms with Crippen LogP contribution in [0.4, 0.5) is 18.9 Å². The molecule has 0 fully saturated rings. The summed E-state index contributed by atoms with van der Waals surface area (Å²) in [5.74, 6) is -3.25. The van der Waals surface area contributed by atoms with Gasteiger partial charge in [0, 0.05) is 29.7 Å². The van der Waals surface area contributed by atoms with E-state index >= 15 is 0 Å². The van der Waals surface area contributed by atoms with Crippen LogP contribution in [-0.2, 0) is 25.1 Å². The number of amides is 1. The molecular formula is C18H19ClF3N5O4S. The molecular weight excluding hydrogens is 475 g/mol. The predicted molar refractivity (Wildman–Crippen MR) is 111 cm³/mol. The Morgan fingerprint density at radius 3 is 2.66 bits per heavy atom. The molecule has 0 saturated heterocycles. The van der Waals surface area contributed by atoms with E-state index < -0.39 is 58.7 Å². The number of carbonyl (C=O) groups excluding carboxylic acids is 2. The first-order chi connectivity index (χ1) is 14.9. The Bertz CT molecular complexity index is 1020. The number of nitrogens with zero attached hydrogens (tertiary/aromatic N) is 4. The monoisotopic (exact) mass is 493 g/mol. The first kappa shape index (κ1) is 25.5. The lowest BCUT2D eigenvalue weighted by atomic mass is 10.3. The quantitative estimate of drug-likeness (QED) is 0.326. The molecule has 32 heavy (non-hydrogen) atoms. The van der Waals surface area contributed by atoms with Crippen molar-refractivity contribution in [2.24, 2.45) is 0 Å². The highest BCUT2D eigenvalue weighted by Gasteiger charge is 2.32. The van der Waals surface area contributed by atoms with E-state index in [9.17, 15) is 27.0 Å². The average molecular weight is 494 g/mol. The molecule has 2 atom stereocenters. The molecule has 0 aliphatic carbocycles. The van der Waals surface area contributed by atoms with Crippen molar-refractivity contribution in [1.29, 1.82) is 5.41 Å². The van der Waals surface area contributed by atoms with Gasteiger partial charge in [-0.1, -0.05) is 11.6 Å².